The monoisotopic (exact) mass is 332 g/mol. The van der Waals surface area contributed by atoms with Crippen LogP contribution in [-0.2, 0) is 9.47 Å². The smallest absolute Gasteiger partial charge is 0.404 e. The predicted molar refractivity (Wildman–Crippen MR) is 78.6 cm³/mol. The summed E-state index contributed by atoms with van der Waals surface area (Å²) >= 11 is 5.80. The minimum absolute atomic E-state index is 0.0700. The van der Waals surface area contributed by atoms with E-state index < -0.39 is 18.3 Å². The van der Waals surface area contributed by atoms with Gasteiger partial charge in [-0.3, -0.25) is 9.78 Å². The van der Waals surface area contributed by atoms with E-state index in [2.05, 4.69) is 26.3 Å². The lowest BCUT2D eigenvalue weighted by Crippen LogP contribution is -2.31. The van der Waals surface area contributed by atoms with Crippen LogP contribution in [0.1, 0.15) is 22.4 Å². The van der Waals surface area contributed by atoms with Gasteiger partial charge in [0, 0.05) is 18.6 Å². The van der Waals surface area contributed by atoms with Gasteiger partial charge < -0.3 is 9.47 Å². The Labute approximate surface area is 135 Å². The van der Waals surface area contributed by atoms with Gasteiger partial charge in [0.1, 0.15) is 11.5 Å². The summed E-state index contributed by atoms with van der Waals surface area (Å²) in [6, 6.07) is 3.07. The third kappa shape index (κ3) is 2.71. The Morgan fingerprint density at radius 1 is 1.30 bits per heavy atom. The molecule has 0 aromatic carbocycles. The Morgan fingerprint density at radius 2 is 2.09 bits per heavy atom. The third-order valence-electron chi connectivity index (χ3n) is 2.96. The number of halogens is 1. The van der Waals surface area contributed by atoms with Crippen LogP contribution in [0.25, 0.3) is 0 Å². The molecule has 0 bridgehead atoms. The Bertz CT molecular complexity index is 781. The number of amides is 1. The first-order chi connectivity index (χ1) is 11.1. The fourth-order valence-electron chi connectivity index (χ4n) is 2.07. The number of pyridine rings is 1. The van der Waals surface area contributed by atoms with Gasteiger partial charge in [-0.1, -0.05) is 18.2 Å². The van der Waals surface area contributed by atoms with Gasteiger partial charge >= 0.3 is 6.16 Å². The van der Waals surface area contributed by atoms with Gasteiger partial charge in [-0.2, -0.15) is 0 Å². The highest BCUT2D eigenvalue weighted by Gasteiger charge is 2.43. The summed E-state index contributed by atoms with van der Waals surface area (Å²) in [6.45, 7) is 3.26. The fourth-order valence-corrected chi connectivity index (χ4v) is 2.18. The average molecular weight is 333 g/mol. The van der Waals surface area contributed by atoms with Crippen molar-refractivity contribution in [2.45, 2.75) is 6.23 Å². The van der Waals surface area contributed by atoms with Crippen LogP contribution < -0.4 is 4.90 Å². The molecule has 1 amide bonds. The maximum absolute atomic E-state index is 12.5. The van der Waals surface area contributed by atoms with Crippen LogP contribution in [0.5, 0.6) is 0 Å². The minimum atomic E-state index is -1.15. The molecular weight excluding hydrogens is 324 g/mol. The molecule has 1 atom stereocenters. The molecule has 1 aliphatic rings. The van der Waals surface area contributed by atoms with Gasteiger partial charge in [-0.05, 0) is 12.1 Å². The summed E-state index contributed by atoms with van der Waals surface area (Å²) in [4.78, 5) is 37.4. The van der Waals surface area contributed by atoms with Crippen molar-refractivity contribution in [1.29, 1.82) is 0 Å². The standard InChI is InChI=1S/C14H9ClN4O4/c1-2-22-14(21)23-13-11-10(16-5-6-17-11)12(20)19(13)9-4-3-8(15)7-18-9/h2-7,13H,1H2/t13-/m0/s1. The molecule has 0 saturated heterocycles. The quantitative estimate of drug-likeness (QED) is 0.629. The van der Waals surface area contributed by atoms with E-state index >= 15 is 0 Å². The van der Waals surface area contributed by atoms with Crippen molar-refractivity contribution in [1.82, 2.24) is 15.0 Å². The van der Waals surface area contributed by atoms with Crippen molar-refractivity contribution in [3.63, 3.8) is 0 Å². The van der Waals surface area contributed by atoms with Crippen molar-refractivity contribution in [2.24, 2.45) is 0 Å². The van der Waals surface area contributed by atoms with E-state index in [1.54, 1.807) is 6.07 Å². The minimum Gasteiger partial charge on any atom is -0.404 e. The first-order valence-corrected chi connectivity index (χ1v) is 6.74. The van der Waals surface area contributed by atoms with Crippen LogP contribution in [0, 0.1) is 0 Å². The molecular formula is C14H9ClN4O4. The molecule has 2 aromatic rings. The van der Waals surface area contributed by atoms with Crippen LogP contribution >= 0.6 is 11.6 Å². The van der Waals surface area contributed by atoms with E-state index in [9.17, 15) is 9.59 Å². The van der Waals surface area contributed by atoms with Crippen LogP contribution in [0.3, 0.4) is 0 Å². The topological polar surface area (TPSA) is 94.5 Å². The molecule has 0 spiro atoms. The van der Waals surface area contributed by atoms with Crippen molar-refractivity contribution in [3.8, 4) is 0 Å². The van der Waals surface area contributed by atoms with Crippen molar-refractivity contribution < 1.29 is 19.1 Å². The zero-order valence-corrected chi connectivity index (χ0v) is 12.3. The highest BCUT2D eigenvalue weighted by Crippen LogP contribution is 2.35. The van der Waals surface area contributed by atoms with Gasteiger partial charge in [0.2, 0.25) is 6.23 Å². The lowest BCUT2D eigenvalue weighted by atomic mass is 10.3. The molecule has 3 heterocycles. The second-order valence-corrected chi connectivity index (χ2v) is 4.74. The molecule has 0 aliphatic carbocycles. The van der Waals surface area contributed by atoms with Gasteiger partial charge in [0.05, 0.1) is 11.3 Å². The van der Waals surface area contributed by atoms with E-state index in [0.29, 0.717) is 5.02 Å². The SMILES string of the molecule is C=COC(=O)O[C@H]1c2nccnc2C(=O)N1c1ccc(Cl)cn1. The van der Waals surface area contributed by atoms with Crippen molar-refractivity contribution in [3.05, 3.63) is 60.0 Å². The maximum Gasteiger partial charge on any atom is 0.515 e. The highest BCUT2D eigenvalue weighted by molar-refractivity contribution is 6.30. The Balaban J connectivity index is 2.02. The van der Waals surface area contributed by atoms with Gasteiger partial charge in [-0.25, -0.2) is 19.7 Å². The Hall–Kier alpha value is -3.00. The Kier molecular flexibility index (Phi) is 3.90. The first-order valence-electron chi connectivity index (χ1n) is 6.36. The maximum atomic E-state index is 12.5. The van der Waals surface area contributed by atoms with Gasteiger partial charge in [0.15, 0.2) is 5.69 Å². The summed E-state index contributed by atoms with van der Waals surface area (Å²) in [5.74, 6) is -0.269. The number of ether oxygens (including phenoxy) is 2. The molecule has 116 valence electrons. The molecule has 0 saturated carbocycles. The lowest BCUT2D eigenvalue weighted by molar-refractivity contribution is 0.0452. The predicted octanol–water partition coefficient (Wildman–Crippen LogP) is 2.48. The number of aromatic nitrogens is 3. The fraction of sp³-hybridized carbons (Fsp3) is 0.0714. The van der Waals surface area contributed by atoms with Crippen LogP contribution in [0.2, 0.25) is 5.02 Å². The summed E-state index contributed by atoms with van der Waals surface area (Å²) in [7, 11) is 0. The van der Waals surface area contributed by atoms with Crippen molar-refractivity contribution >= 4 is 29.5 Å². The van der Waals surface area contributed by atoms with Crippen molar-refractivity contribution in [2.75, 3.05) is 4.90 Å². The lowest BCUT2D eigenvalue weighted by Gasteiger charge is -2.22. The zero-order chi connectivity index (χ0) is 16.4. The molecule has 0 unspecified atom stereocenters. The number of rotatable bonds is 3. The average Bonchev–Trinajstić information content (AvgIpc) is 2.82. The van der Waals surface area contributed by atoms with Gasteiger partial charge in [-0.15, -0.1) is 0 Å². The summed E-state index contributed by atoms with van der Waals surface area (Å²) in [6.07, 6.45) is 2.87. The van der Waals surface area contributed by atoms with E-state index in [4.69, 9.17) is 16.3 Å². The number of nitrogens with zero attached hydrogens (tertiary/aromatic N) is 4. The number of fused-ring (bicyclic) bond motifs is 1. The zero-order valence-electron chi connectivity index (χ0n) is 11.5. The first kappa shape index (κ1) is 14.9. The number of carbonyl (C=O) groups excluding carboxylic acids is 2. The van der Waals surface area contributed by atoms with E-state index in [1.165, 1.54) is 24.7 Å². The van der Waals surface area contributed by atoms with E-state index in [1.807, 2.05) is 0 Å². The van der Waals surface area contributed by atoms with Gasteiger partial charge in [0.25, 0.3) is 5.91 Å². The molecule has 0 N–H and O–H groups in total. The molecule has 23 heavy (non-hydrogen) atoms. The number of hydrogen-bond donors (Lipinski definition) is 0. The molecule has 2 aromatic heterocycles. The van der Waals surface area contributed by atoms with Crippen LogP contribution in [0.4, 0.5) is 10.6 Å². The number of carbonyl (C=O) groups is 2. The summed E-state index contributed by atoms with van der Waals surface area (Å²) in [5.41, 5.74) is 0.260. The molecule has 8 nitrogen and oxygen atoms in total. The van der Waals surface area contributed by atoms with Crippen LogP contribution in [0.15, 0.2) is 43.6 Å². The Morgan fingerprint density at radius 3 is 2.78 bits per heavy atom. The highest BCUT2D eigenvalue weighted by atomic mass is 35.5. The summed E-state index contributed by atoms with van der Waals surface area (Å²) in [5, 5.41) is 0.401. The van der Waals surface area contributed by atoms with E-state index in [-0.39, 0.29) is 17.2 Å². The normalized spacial score (nSPS) is 16.0. The molecule has 1 aliphatic heterocycles. The van der Waals surface area contributed by atoms with Crippen LogP contribution in [-0.4, -0.2) is 27.0 Å². The largest absolute Gasteiger partial charge is 0.515 e. The molecule has 3 rings (SSSR count). The third-order valence-corrected chi connectivity index (χ3v) is 3.19. The van der Waals surface area contributed by atoms with E-state index in [0.717, 1.165) is 11.2 Å². The number of hydrogen-bond acceptors (Lipinski definition) is 7. The second kappa shape index (κ2) is 6.01. The molecule has 9 heteroatoms. The molecule has 0 fully saturated rings. The summed E-state index contributed by atoms with van der Waals surface area (Å²) < 4.78 is 9.68. The second-order valence-electron chi connectivity index (χ2n) is 4.30. The number of anilines is 1. The molecule has 0 radical (unpaired) electrons.